The van der Waals surface area contributed by atoms with Gasteiger partial charge in [0.15, 0.2) is 0 Å². The molecular weight excluding hydrogens is 262 g/mol. The summed E-state index contributed by atoms with van der Waals surface area (Å²) in [4.78, 5) is 2.24. The second kappa shape index (κ2) is 8.02. The van der Waals surface area contributed by atoms with Gasteiger partial charge < -0.3 is 15.3 Å². The summed E-state index contributed by atoms with van der Waals surface area (Å²) in [7, 11) is 1.90. The van der Waals surface area contributed by atoms with E-state index in [1.54, 1.807) is 0 Å². The molecule has 2 N–H and O–H groups in total. The van der Waals surface area contributed by atoms with Gasteiger partial charge in [0.2, 0.25) is 0 Å². The predicted octanol–water partition coefficient (Wildman–Crippen LogP) is 2.41. The summed E-state index contributed by atoms with van der Waals surface area (Å²) in [6, 6.07) is 8.84. The maximum Gasteiger partial charge on any atom is 0.101 e. The molecule has 0 unspecified atom stereocenters. The Morgan fingerprint density at radius 2 is 2.10 bits per heavy atom. The molecule has 0 aliphatic heterocycles. The predicted molar refractivity (Wildman–Crippen MR) is 85.2 cm³/mol. The molecule has 1 aromatic carbocycles. The SMILES string of the molecule is CNCc1ccc(N(CCO)C2CCCCC2)c(C#N)c1. The minimum absolute atomic E-state index is 0.125. The van der Waals surface area contributed by atoms with Gasteiger partial charge in [-0.25, -0.2) is 0 Å². The number of hydrogen-bond donors (Lipinski definition) is 2. The Bertz CT molecular complexity index is 489. The fraction of sp³-hybridized carbons (Fsp3) is 0.588. The van der Waals surface area contributed by atoms with Gasteiger partial charge in [0.05, 0.1) is 17.9 Å². The molecule has 4 nitrogen and oxygen atoms in total. The van der Waals surface area contributed by atoms with Crippen LogP contribution in [0.3, 0.4) is 0 Å². The zero-order chi connectivity index (χ0) is 15.1. The Hall–Kier alpha value is -1.57. The van der Waals surface area contributed by atoms with Crippen molar-refractivity contribution in [3.63, 3.8) is 0 Å². The molecular formula is C17H25N3O. The lowest BCUT2D eigenvalue weighted by Gasteiger charge is -2.36. The number of aliphatic hydroxyl groups is 1. The Kier molecular flexibility index (Phi) is 6.04. The minimum atomic E-state index is 0.125. The van der Waals surface area contributed by atoms with Crippen LogP contribution >= 0.6 is 0 Å². The normalized spacial score (nSPS) is 15.7. The maximum atomic E-state index is 9.47. The summed E-state index contributed by atoms with van der Waals surface area (Å²) in [5.74, 6) is 0. The van der Waals surface area contributed by atoms with Gasteiger partial charge in [-0.2, -0.15) is 5.26 Å². The fourth-order valence-electron chi connectivity index (χ4n) is 3.24. The molecule has 1 aliphatic rings. The van der Waals surface area contributed by atoms with E-state index in [2.05, 4.69) is 22.4 Å². The summed E-state index contributed by atoms with van der Waals surface area (Å²) in [5, 5.41) is 22.0. The van der Waals surface area contributed by atoms with E-state index in [-0.39, 0.29) is 6.61 Å². The Balaban J connectivity index is 2.28. The summed E-state index contributed by atoms with van der Waals surface area (Å²) in [6.45, 7) is 1.49. The first-order valence-corrected chi connectivity index (χ1v) is 7.85. The Morgan fingerprint density at radius 3 is 2.71 bits per heavy atom. The Labute approximate surface area is 127 Å². The number of hydrogen-bond acceptors (Lipinski definition) is 4. The summed E-state index contributed by atoms with van der Waals surface area (Å²) in [6.07, 6.45) is 6.10. The van der Waals surface area contributed by atoms with Gasteiger partial charge in [0.25, 0.3) is 0 Å². The smallest absolute Gasteiger partial charge is 0.101 e. The van der Waals surface area contributed by atoms with Gasteiger partial charge in [0.1, 0.15) is 6.07 Å². The highest BCUT2D eigenvalue weighted by Gasteiger charge is 2.23. The first kappa shape index (κ1) is 15.8. The van der Waals surface area contributed by atoms with E-state index in [0.29, 0.717) is 18.2 Å². The largest absolute Gasteiger partial charge is 0.395 e. The van der Waals surface area contributed by atoms with Gasteiger partial charge in [-0.1, -0.05) is 25.3 Å². The third-order valence-electron chi connectivity index (χ3n) is 4.23. The number of nitrogens with one attached hydrogen (secondary N) is 1. The van der Waals surface area contributed by atoms with Crippen LogP contribution in [-0.2, 0) is 6.54 Å². The summed E-state index contributed by atoms with van der Waals surface area (Å²) >= 11 is 0. The molecule has 0 bridgehead atoms. The van der Waals surface area contributed by atoms with Crippen molar-refractivity contribution < 1.29 is 5.11 Å². The second-order valence-corrected chi connectivity index (χ2v) is 5.70. The third-order valence-corrected chi connectivity index (χ3v) is 4.23. The zero-order valence-electron chi connectivity index (χ0n) is 12.8. The molecule has 2 rings (SSSR count). The van der Waals surface area contributed by atoms with Crippen molar-refractivity contribution in [2.24, 2.45) is 0 Å². The molecule has 21 heavy (non-hydrogen) atoms. The fourth-order valence-corrected chi connectivity index (χ4v) is 3.24. The van der Waals surface area contributed by atoms with Crippen LogP contribution in [0, 0.1) is 11.3 Å². The van der Waals surface area contributed by atoms with Gasteiger partial charge in [-0.3, -0.25) is 0 Å². The van der Waals surface area contributed by atoms with Crippen LogP contribution in [0.25, 0.3) is 0 Å². The van der Waals surface area contributed by atoms with Crippen molar-refractivity contribution in [1.82, 2.24) is 5.32 Å². The van der Waals surface area contributed by atoms with E-state index < -0.39 is 0 Å². The van der Waals surface area contributed by atoms with Crippen LogP contribution in [0.1, 0.15) is 43.2 Å². The lowest BCUT2D eigenvalue weighted by molar-refractivity contribution is 0.290. The molecule has 1 fully saturated rings. The van der Waals surface area contributed by atoms with Crippen LogP contribution in [0.5, 0.6) is 0 Å². The van der Waals surface area contributed by atoms with Crippen LogP contribution in [0.2, 0.25) is 0 Å². The lowest BCUT2D eigenvalue weighted by Crippen LogP contribution is -2.39. The maximum absolute atomic E-state index is 9.47. The van der Waals surface area contributed by atoms with Crippen LogP contribution in [0.15, 0.2) is 18.2 Å². The number of nitrogens with zero attached hydrogens (tertiary/aromatic N) is 2. The average Bonchev–Trinajstić information content (AvgIpc) is 2.54. The second-order valence-electron chi connectivity index (χ2n) is 5.70. The molecule has 0 spiro atoms. The van der Waals surface area contributed by atoms with Crippen molar-refractivity contribution in [1.29, 1.82) is 5.26 Å². The molecule has 114 valence electrons. The minimum Gasteiger partial charge on any atom is -0.395 e. The van der Waals surface area contributed by atoms with Crippen molar-refractivity contribution in [2.75, 3.05) is 25.1 Å². The molecule has 1 aliphatic carbocycles. The third kappa shape index (κ3) is 3.96. The van der Waals surface area contributed by atoms with Crippen LogP contribution < -0.4 is 10.2 Å². The van der Waals surface area contributed by atoms with Crippen molar-refractivity contribution in [2.45, 2.75) is 44.7 Å². The molecule has 0 heterocycles. The van der Waals surface area contributed by atoms with E-state index in [1.165, 1.54) is 19.3 Å². The molecule has 4 heteroatoms. The first-order chi connectivity index (χ1) is 10.3. The topological polar surface area (TPSA) is 59.3 Å². The average molecular weight is 287 g/mol. The van der Waals surface area contributed by atoms with Gasteiger partial charge in [0, 0.05) is 19.1 Å². The molecule has 1 aromatic rings. The van der Waals surface area contributed by atoms with Crippen molar-refractivity contribution in [3.05, 3.63) is 29.3 Å². The van der Waals surface area contributed by atoms with E-state index in [4.69, 9.17) is 0 Å². The molecule has 0 aromatic heterocycles. The van der Waals surface area contributed by atoms with E-state index >= 15 is 0 Å². The lowest BCUT2D eigenvalue weighted by atomic mass is 9.93. The van der Waals surface area contributed by atoms with Gasteiger partial charge >= 0.3 is 0 Å². The number of benzene rings is 1. The molecule has 0 atom stereocenters. The van der Waals surface area contributed by atoms with Gasteiger partial charge in [-0.05, 0) is 37.6 Å². The van der Waals surface area contributed by atoms with E-state index in [0.717, 1.165) is 30.6 Å². The molecule has 0 saturated heterocycles. The number of anilines is 1. The highest BCUT2D eigenvalue weighted by atomic mass is 16.3. The Morgan fingerprint density at radius 1 is 1.33 bits per heavy atom. The van der Waals surface area contributed by atoms with E-state index in [9.17, 15) is 10.4 Å². The number of nitriles is 1. The summed E-state index contributed by atoms with van der Waals surface area (Å²) < 4.78 is 0. The number of aliphatic hydroxyl groups excluding tert-OH is 1. The van der Waals surface area contributed by atoms with Gasteiger partial charge in [-0.15, -0.1) is 0 Å². The van der Waals surface area contributed by atoms with Crippen molar-refractivity contribution >= 4 is 5.69 Å². The standard InChI is InChI=1S/C17H25N3O/c1-19-13-14-7-8-17(15(11-14)12-18)20(9-10-21)16-5-3-2-4-6-16/h7-8,11,16,19,21H,2-6,9-10,13H2,1H3. The summed E-state index contributed by atoms with van der Waals surface area (Å²) in [5.41, 5.74) is 2.80. The quantitative estimate of drug-likeness (QED) is 0.843. The van der Waals surface area contributed by atoms with Crippen LogP contribution in [-0.4, -0.2) is 31.3 Å². The monoisotopic (exact) mass is 287 g/mol. The molecule has 0 radical (unpaired) electrons. The number of rotatable bonds is 6. The molecule has 0 amide bonds. The molecule has 1 saturated carbocycles. The first-order valence-electron chi connectivity index (χ1n) is 7.85. The van der Waals surface area contributed by atoms with Crippen LogP contribution in [0.4, 0.5) is 5.69 Å². The zero-order valence-corrected chi connectivity index (χ0v) is 12.8. The highest BCUT2D eigenvalue weighted by molar-refractivity contribution is 5.61. The van der Waals surface area contributed by atoms with Crippen molar-refractivity contribution in [3.8, 4) is 6.07 Å². The van der Waals surface area contributed by atoms with E-state index in [1.807, 2.05) is 19.2 Å². The highest BCUT2D eigenvalue weighted by Crippen LogP contribution is 2.29.